The zero-order valence-corrected chi connectivity index (χ0v) is 11.2. The topological polar surface area (TPSA) is 53.0 Å². The van der Waals surface area contributed by atoms with Crippen molar-refractivity contribution in [2.75, 3.05) is 44.2 Å². The third-order valence-corrected chi connectivity index (χ3v) is 3.25. The van der Waals surface area contributed by atoms with Crippen LogP contribution in [0.2, 0.25) is 0 Å². The number of phenols is 1. The maximum absolute atomic E-state index is 11.4. The predicted octanol–water partition coefficient (Wildman–Crippen LogP) is 1.08. The van der Waals surface area contributed by atoms with Crippen LogP contribution in [-0.4, -0.2) is 55.3 Å². The Morgan fingerprint density at radius 1 is 1.21 bits per heavy atom. The fourth-order valence-electron chi connectivity index (χ4n) is 2.22. The zero-order chi connectivity index (χ0) is 13.7. The maximum Gasteiger partial charge on any atom is 0.320 e. The number of aromatic hydroxyl groups is 1. The van der Waals surface area contributed by atoms with E-state index in [4.69, 9.17) is 4.74 Å². The Bertz CT molecular complexity index is 411. The number of carbonyl (C=O) groups excluding carboxylic acids is 1. The molecule has 5 heteroatoms. The number of rotatable bonds is 4. The Labute approximate surface area is 113 Å². The van der Waals surface area contributed by atoms with Gasteiger partial charge in [0.25, 0.3) is 0 Å². The summed E-state index contributed by atoms with van der Waals surface area (Å²) in [7, 11) is 0. The fraction of sp³-hybridized carbons (Fsp3) is 0.500. The van der Waals surface area contributed by atoms with Gasteiger partial charge in [0.05, 0.1) is 13.2 Å². The monoisotopic (exact) mass is 264 g/mol. The van der Waals surface area contributed by atoms with Gasteiger partial charge in [-0.3, -0.25) is 9.69 Å². The minimum absolute atomic E-state index is 0.152. The van der Waals surface area contributed by atoms with Crippen molar-refractivity contribution in [2.24, 2.45) is 0 Å². The third kappa shape index (κ3) is 3.86. The van der Waals surface area contributed by atoms with Gasteiger partial charge < -0.3 is 14.7 Å². The van der Waals surface area contributed by atoms with E-state index < -0.39 is 0 Å². The highest BCUT2D eigenvalue weighted by molar-refractivity contribution is 5.71. The molecule has 0 unspecified atom stereocenters. The first-order valence-electron chi connectivity index (χ1n) is 6.61. The summed E-state index contributed by atoms with van der Waals surface area (Å²) in [4.78, 5) is 15.8. The third-order valence-electron chi connectivity index (χ3n) is 3.25. The van der Waals surface area contributed by atoms with E-state index in [0.29, 0.717) is 13.2 Å². The van der Waals surface area contributed by atoms with Gasteiger partial charge in [-0.1, -0.05) is 0 Å². The molecule has 0 saturated carbocycles. The highest BCUT2D eigenvalue weighted by atomic mass is 16.5. The average Bonchev–Trinajstić information content (AvgIpc) is 2.41. The van der Waals surface area contributed by atoms with Gasteiger partial charge in [-0.2, -0.15) is 0 Å². The molecule has 104 valence electrons. The molecule has 1 aromatic rings. The molecule has 19 heavy (non-hydrogen) atoms. The molecule has 1 aliphatic rings. The molecule has 5 nitrogen and oxygen atoms in total. The number of benzene rings is 1. The van der Waals surface area contributed by atoms with Gasteiger partial charge >= 0.3 is 5.97 Å². The molecular weight excluding hydrogens is 244 g/mol. The molecule has 0 aliphatic carbocycles. The zero-order valence-electron chi connectivity index (χ0n) is 11.2. The Morgan fingerprint density at radius 2 is 1.84 bits per heavy atom. The Balaban J connectivity index is 1.82. The summed E-state index contributed by atoms with van der Waals surface area (Å²) in [6.45, 7) is 6.08. The normalized spacial score (nSPS) is 16.4. The summed E-state index contributed by atoms with van der Waals surface area (Å²) in [5.41, 5.74) is 1.11. The van der Waals surface area contributed by atoms with E-state index in [9.17, 15) is 9.90 Å². The standard InChI is InChI=1S/C14H20N2O3/c1-2-19-14(18)11-15-7-9-16(10-8-15)12-3-5-13(17)6-4-12/h3-6,17H,2,7-11H2,1H3. The lowest BCUT2D eigenvalue weighted by atomic mass is 10.2. The Morgan fingerprint density at radius 3 is 2.42 bits per heavy atom. The quantitative estimate of drug-likeness (QED) is 0.825. The van der Waals surface area contributed by atoms with E-state index in [1.54, 1.807) is 12.1 Å². The number of hydrogen-bond acceptors (Lipinski definition) is 5. The number of piperazine rings is 1. The molecule has 2 rings (SSSR count). The van der Waals surface area contributed by atoms with Crippen molar-refractivity contribution in [1.29, 1.82) is 0 Å². The second-order valence-corrected chi connectivity index (χ2v) is 4.58. The van der Waals surface area contributed by atoms with Crippen molar-refractivity contribution in [3.8, 4) is 5.75 Å². The lowest BCUT2D eigenvalue weighted by Crippen LogP contribution is -2.48. The molecule has 1 aromatic carbocycles. The molecule has 1 fully saturated rings. The first-order chi connectivity index (χ1) is 9.19. The molecule has 1 heterocycles. The van der Waals surface area contributed by atoms with E-state index in [1.807, 2.05) is 19.1 Å². The summed E-state index contributed by atoms with van der Waals surface area (Å²) < 4.78 is 4.95. The first kappa shape index (κ1) is 13.7. The number of esters is 1. The number of carbonyl (C=O) groups is 1. The van der Waals surface area contributed by atoms with Gasteiger partial charge in [-0.25, -0.2) is 0 Å². The van der Waals surface area contributed by atoms with Crippen LogP contribution >= 0.6 is 0 Å². The molecule has 0 aromatic heterocycles. The smallest absolute Gasteiger partial charge is 0.320 e. The van der Waals surface area contributed by atoms with Gasteiger partial charge in [0.1, 0.15) is 5.75 Å². The van der Waals surface area contributed by atoms with Gasteiger partial charge in [0.15, 0.2) is 0 Å². The van der Waals surface area contributed by atoms with Crippen LogP contribution in [0.1, 0.15) is 6.92 Å². The van der Waals surface area contributed by atoms with Crippen LogP contribution in [0, 0.1) is 0 Å². The first-order valence-corrected chi connectivity index (χ1v) is 6.61. The fourth-order valence-corrected chi connectivity index (χ4v) is 2.22. The number of phenolic OH excluding ortho intramolecular Hbond substituents is 1. The van der Waals surface area contributed by atoms with E-state index in [2.05, 4.69) is 9.80 Å². The molecule has 0 amide bonds. The van der Waals surface area contributed by atoms with Crippen LogP contribution in [0.3, 0.4) is 0 Å². The Kier molecular flexibility index (Phi) is 4.63. The number of hydrogen-bond donors (Lipinski definition) is 1. The van der Waals surface area contributed by atoms with E-state index in [0.717, 1.165) is 31.9 Å². The molecule has 0 radical (unpaired) electrons. The van der Waals surface area contributed by atoms with Crippen LogP contribution in [0.15, 0.2) is 24.3 Å². The van der Waals surface area contributed by atoms with Crippen molar-refractivity contribution >= 4 is 11.7 Å². The van der Waals surface area contributed by atoms with E-state index in [1.165, 1.54) is 0 Å². The summed E-state index contributed by atoms with van der Waals surface area (Å²) in [6.07, 6.45) is 0. The lowest BCUT2D eigenvalue weighted by Gasteiger charge is -2.35. The number of anilines is 1. The second kappa shape index (κ2) is 6.43. The largest absolute Gasteiger partial charge is 0.508 e. The van der Waals surface area contributed by atoms with Gasteiger partial charge in [0.2, 0.25) is 0 Å². The van der Waals surface area contributed by atoms with E-state index >= 15 is 0 Å². The minimum atomic E-state index is -0.152. The number of nitrogens with zero attached hydrogens (tertiary/aromatic N) is 2. The minimum Gasteiger partial charge on any atom is -0.508 e. The maximum atomic E-state index is 11.4. The molecule has 0 spiro atoms. The molecule has 1 N–H and O–H groups in total. The summed E-state index contributed by atoms with van der Waals surface area (Å²) in [6, 6.07) is 7.22. The molecule has 0 bridgehead atoms. The average molecular weight is 264 g/mol. The Hall–Kier alpha value is -1.75. The van der Waals surface area contributed by atoms with Crippen molar-refractivity contribution in [3.05, 3.63) is 24.3 Å². The van der Waals surface area contributed by atoms with Crippen LogP contribution in [0.4, 0.5) is 5.69 Å². The van der Waals surface area contributed by atoms with Crippen LogP contribution in [0.25, 0.3) is 0 Å². The van der Waals surface area contributed by atoms with Crippen molar-refractivity contribution in [1.82, 2.24) is 4.90 Å². The lowest BCUT2D eigenvalue weighted by molar-refractivity contribution is -0.144. The molecule has 1 saturated heterocycles. The molecular formula is C14H20N2O3. The van der Waals surface area contributed by atoms with Crippen molar-refractivity contribution in [2.45, 2.75) is 6.92 Å². The van der Waals surface area contributed by atoms with E-state index in [-0.39, 0.29) is 11.7 Å². The van der Waals surface area contributed by atoms with Gasteiger partial charge in [0, 0.05) is 31.9 Å². The predicted molar refractivity (Wildman–Crippen MR) is 73.4 cm³/mol. The van der Waals surface area contributed by atoms with Crippen LogP contribution in [-0.2, 0) is 9.53 Å². The van der Waals surface area contributed by atoms with Crippen molar-refractivity contribution in [3.63, 3.8) is 0 Å². The SMILES string of the molecule is CCOC(=O)CN1CCN(c2ccc(O)cc2)CC1. The van der Waals surface area contributed by atoms with Gasteiger partial charge in [-0.15, -0.1) is 0 Å². The van der Waals surface area contributed by atoms with Crippen molar-refractivity contribution < 1.29 is 14.6 Å². The summed E-state index contributed by atoms with van der Waals surface area (Å²) in [5.74, 6) is 0.130. The highest BCUT2D eigenvalue weighted by Crippen LogP contribution is 2.19. The summed E-state index contributed by atoms with van der Waals surface area (Å²) in [5, 5.41) is 9.27. The second-order valence-electron chi connectivity index (χ2n) is 4.58. The highest BCUT2D eigenvalue weighted by Gasteiger charge is 2.19. The van der Waals surface area contributed by atoms with Crippen LogP contribution in [0.5, 0.6) is 5.75 Å². The number of ether oxygens (including phenoxy) is 1. The van der Waals surface area contributed by atoms with Crippen LogP contribution < -0.4 is 4.90 Å². The molecule has 1 aliphatic heterocycles. The molecule has 0 atom stereocenters. The summed E-state index contributed by atoms with van der Waals surface area (Å²) >= 11 is 0. The van der Waals surface area contributed by atoms with Gasteiger partial charge in [-0.05, 0) is 31.2 Å².